The third-order valence-corrected chi connectivity index (χ3v) is 3.90. The van der Waals surface area contributed by atoms with Crippen molar-refractivity contribution in [3.8, 4) is 17.3 Å². The Morgan fingerprint density at radius 2 is 2.06 bits per heavy atom. The van der Waals surface area contributed by atoms with Crippen LogP contribution in [-0.2, 0) is 5.41 Å². The van der Waals surface area contributed by atoms with E-state index in [0.29, 0.717) is 0 Å². The van der Waals surface area contributed by atoms with E-state index in [0.717, 1.165) is 29.1 Å². The maximum atomic E-state index is 9.10. The van der Waals surface area contributed by atoms with Crippen LogP contribution in [0.5, 0.6) is 0 Å². The van der Waals surface area contributed by atoms with Gasteiger partial charge in [-0.25, -0.2) is 4.98 Å². The molecule has 0 amide bonds. The molecule has 0 radical (unpaired) electrons. The van der Waals surface area contributed by atoms with Gasteiger partial charge in [-0.2, -0.15) is 5.26 Å². The molecule has 0 N–H and O–H groups in total. The molecule has 0 atom stereocenters. The second-order valence-electron chi connectivity index (χ2n) is 3.97. The summed E-state index contributed by atoms with van der Waals surface area (Å²) in [6, 6.07) is 6.24. The molecular formula is C12H9N3S. The third kappa shape index (κ3) is 1.41. The van der Waals surface area contributed by atoms with Gasteiger partial charge in [0.1, 0.15) is 10.4 Å². The first-order valence-corrected chi connectivity index (χ1v) is 6.00. The lowest BCUT2D eigenvalue weighted by atomic mass is 10.1. The van der Waals surface area contributed by atoms with Crippen molar-refractivity contribution in [2.24, 2.45) is 0 Å². The van der Waals surface area contributed by atoms with E-state index in [1.54, 1.807) is 23.7 Å². The summed E-state index contributed by atoms with van der Waals surface area (Å²) in [6.45, 7) is 0. The molecule has 0 unspecified atom stereocenters. The Balaban J connectivity index is 1.98. The zero-order chi connectivity index (χ0) is 11.0. The van der Waals surface area contributed by atoms with Gasteiger partial charge >= 0.3 is 0 Å². The van der Waals surface area contributed by atoms with E-state index in [1.807, 2.05) is 17.5 Å². The average Bonchev–Trinajstić information content (AvgIpc) is 3.00. The van der Waals surface area contributed by atoms with Crippen LogP contribution in [0.2, 0.25) is 0 Å². The van der Waals surface area contributed by atoms with Crippen molar-refractivity contribution in [1.29, 1.82) is 5.26 Å². The molecule has 1 saturated carbocycles. The minimum atomic E-state index is -0.268. The predicted molar refractivity (Wildman–Crippen MR) is 61.9 cm³/mol. The highest BCUT2D eigenvalue weighted by Crippen LogP contribution is 2.49. The monoisotopic (exact) mass is 227 g/mol. The van der Waals surface area contributed by atoms with Crippen LogP contribution in [0.1, 0.15) is 17.8 Å². The normalized spacial score (nSPS) is 16.7. The van der Waals surface area contributed by atoms with Gasteiger partial charge in [0, 0.05) is 23.3 Å². The SMILES string of the molecule is N#CC1(c2nc(-c3ccncc3)cs2)CC1. The number of hydrogen-bond acceptors (Lipinski definition) is 4. The molecule has 3 nitrogen and oxygen atoms in total. The van der Waals surface area contributed by atoms with Gasteiger partial charge in [-0.15, -0.1) is 11.3 Å². The maximum Gasteiger partial charge on any atom is 0.114 e. The highest BCUT2D eigenvalue weighted by atomic mass is 32.1. The molecule has 0 aliphatic heterocycles. The van der Waals surface area contributed by atoms with Crippen molar-refractivity contribution < 1.29 is 0 Å². The molecule has 78 valence electrons. The Hall–Kier alpha value is -1.73. The van der Waals surface area contributed by atoms with Crippen LogP contribution < -0.4 is 0 Å². The smallest absolute Gasteiger partial charge is 0.114 e. The first kappa shape index (κ1) is 9.49. The van der Waals surface area contributed by atoms with Gasteiger partial charge < -0.3 is 0 Å². The quantitative estimate of drug-likeness (QED) is 0.792. The van der Waals surface area contributed by atoms with Crippen LogP contribution in [0.3, 0.4) is 0 Å². The lowest BCUT2D eigenvalue weighted by Crippen LogP contribution is -2.01. The molecule has 0 aromatic carbocycles. The zero-order valence-electron chi connectivity index (χ0n) is 8.55. The highest BCUT2D eigenvalue weighted by molar-refractivity contribution is 7.10. The van der Waals surface area contributed by atoms with E-state index in [9.17, 15) is 0 Å². The first-order valence-electron chi connectivity index (χ1n) is 5.12. The molecule has 2 aromatic rings. The molecule has 0 spiro atoms. The van der Waals surface area contributed by atoms with Crippen molar-refractivity contribution in [2.45, 2.75) is 18.3 Å². The van der Waals surface area contributed by atoms with Crippen LogP contribution in [0.25, 0.3) is 11.3 Å². The molecule has 1 aliphatic rings. The molecule has 4 heteroatoms. The van der Waals surface area contributed by atoms with Gasteiger partial charge in [0.2, 0.25) is 0 Å². The number of nitrogens with zero attached hydrogens (tertiary/aromatic N) is 3. The molecule has 0 bridgehead atoms. The Labute approximate surface area is 97.4 Å². The Morgan fingerprint density at radius 1 is 1.31 bits per heavy atom. The van der Waals surface area contributed by atoms with Crippen molar-refractivity contribution in [2.75, 3.05) is 0 Å². The van der Waals surface area contributed by atoms with Gasteiger partial charge in [0.25, 0.3) is 0 Å². The third-order valence-electron chi connectivity index (χ3n) is 2.85. The van der Waals surface area contributed by atoms with Crippen molar-refractivity contribution in [3.63, 3.8) is 0 Å². The Kier molecular flexibility index (Phi) is 2.01. The summed E-state index contributed by atoms with van der Waals surface area (Å²) < 4.78 is 0. The lowest BCUT2D eigenvalue weighted by molar-refractivity contribution is 0.891. The van der Waals surface area contributed by atoms with E-state index in [2.05, 4.69) is 16.0 Å². The molecule has 3 rings (SSSR count). The summed E-state index contributed by atoms with van der Waals surface area (Å²) in [7, 11) is 0. The molecule has 1 aliphatic carbocycles. The molecular weight excluding hydrogens is 218 g/mol. The number of thiazole rings is 1. The predicted octanol–water partition coefficient (Wildman–Crippen LogP) is 2.76. The Bertz CT molecular complexity index is 549. The summed E-state index contributed by atoms with van der Waals surface area (Å²) in [5.74, 6) is 0. The topological polar surface area (TPSA) is 49.6 Å². The van der Waals surface area contributed by atoms with Crippen LogP contribution >= 0.6 is 11.3 Å². The zero-order valence-corrected chi connectivity index (χ0v) is 9.37. The summed E-state index contributed by atoms with van der Waals surface area (Å²) in [6.07, 6.45) is 5.41. The summed E-state index contributed by atoms with van der Waals surface area (Å²) in [5.41, 5.74) is 1.74. The Morgan fingerprint density at radius 3 is 2.69 bits per heavy atom. The summed E-state index contributed by atoms with van der Waals surface area (Å²) >= 11 is 1.58. The molecule has 2 heterocycles. The lowest BCUT2D eigenvalue weighted by Gasteiger charge is -1.98. The van der Waals surface area contributed by atoms with Crippen molar-refractivity contribution >= 4 is 11.3 Å². The minimum absolute atomic E-state index is 0.268. The molecule has 2 aromatic heterocycles. The van der Waals surface area contributed by atoms with Gasteiger partial charge in [0.05, 0.1) is 11.8 Å². The van der Waals surface area contributed by atoms with E-state index in [1.165, 1.54) is 0 Å². The average molecular weight is 227 g/mol. The minimum Gasteiger partial charge on any atom is -0.265 e. The number of rotatable bonds is 2. The van der Waals surface area contributed by atoms with Gasteiger partial charge in [-0.3, -0.25) is 4.98 Å². The number of hydrogen-bond donors (Lipinski definition) is 0. The van der Waals surface area contributed by atoms with Crippen molar-refractivity contribution in [1.82, 2.24) is 9.97 Å². The standard InChI is InChI=1S/C12H9N3S/c13-8-12(3-4-12)11-15-10(7-16-11)9-1-5-14-6-2-9/h1-2,5-7H,3-4H2. The van der Waals surface area contributed by atoms with E-state index in [4.69, 9.17) is 5.26 Å². The number of nitriles is 1. The van der Waals surface area contributed by atoms with E-state index >= 15 is 0 Å². The van der Waals surface area contributed by atoms with Gasteiger partial charge in [0.15, 0.2) is 0 Å². The highest BCUT2D eigenvalue weighted by Gasteiger charge is 2.47. The van der Waals surface area contributed by atoms with Gasteiger partial charge in [-0.05, 0) is 25.0 Å². The van der Waals surface area contributed by atoms with E-state index < -0.39 is 0 Å². The largest absolute Gasteiger partial charge is 0.265 e. The van der Waals surface area contributed by atoms with Crippen LogP contribution in [0.4, 0.5) is 0 Å². The fraction of sp³-hybridized carbons (Fsp3) is 0.250. The maximum absolute atomic E-state index is 9.10. The van der Waals surface area contributed by atoms with Crippen LogP contribution in [0.15, 0.2) is 29.9 Å². The van der Waals surface area contributed by atoms with Crippen LogP contribution in [0, 0.1) is 11.3 Å². The van der Waals surface area contributed by atoms with E-state index in [-0.39, 0.29) is 5.41 Å². The first-order chi connectivity index (χ1) is 7.84. The fourth-order valence-corrected chi connectivity index (χ4v) is 2.69. The second kappa shape index (κ2) is 3.39. The van der Waals surface area contributed by atoms with Gasteiger partial charge in [-0.1, -0.05) is 0 Å². The molecule has 16 heavy (non-hydrogen) atoms. The number of aromatic nitrogens is 2. The number of pyridine rings is 1. The second-order valence-corrected chi connectivity index (χ2v) is 4.83. The fourth-order valence-electron chi connectivity index (χ4n) is 1.65. The summed E-state index contributed by atoms with van der Waals surface area (Å²) in [4.78, 5) is 8.53. The van der Waals surface area contributed by atoms with Crippen LogP contribution in [-0.4, -0.2) is 9.97 Å². The molecule has 1 fully saturated rings. The molecule has 0 saturated heterocycles. The summed E-state index contributed by atoms with van der Waals surface area (Å²) in [5, 5.41) is 12.1. The van der Waals surface area contributed by atoms with Crippen molar-refractivity contribution in [3.05, 3.63) is 34.9 Å².